The lowest BCUT2D eigenvalue weighted by Crippen LogP contribution is -2.48. The first-order valence-electron chi connectivity index (χ1n) is 9.44. The lowest BCUT2D eigenvalue weighted by molar-refractivity contribution is -0.146. The molecule has 6 nitrogen and oxygen atoms in total. The van der Waals surface area contributed by atoms with Crippen molar-refractivity contribution in [2.45, 2.75) is 32.7 Å². The molecule has 2 rings (SSSR count). The molecule has 27 heavy (non-hydrogen) atoms. The van der Waals surface area contributed by atoms with Crippen molar-refractivity contribution in [2.75, 3.05) is 46.9 Å². The largest absolute Gasteiger partial charge is 0.469 e. The molecule has 0 saturated carbocycles. The molecule has 1 unspecified atom stereocenters. The quantitative estimate of drug-likeness (QED) is 0.265. The number of likely N-dealkylation sites (tertiary alicyclic amines) is 1. The number of carbonyl (C=O) groups excluding carboxylic acids is 1. The lowest BCUT2D eigenvalue weighted by Gasteiger charge is -2.35. The smallest absolute Gasteiger partial charge is 0.308 e. The van der Waals surface area contributed by atoms with Gasteiger partial charge in [0.25, 0.3) is 0 Å². The summed E-state index contributed by atoms with van der Waals surface area (Å²) in [5, 5.41) is 7.93. The van der Waals surface area contributed by atoms with Crippen LogP contribution in [0.15, 0.2) is 21.8 Å². The maximum atomic E-state index is 11.7. The second kappa shape index (κ2) is 12.6. The Morgan fingerprint density at radius 2 is 2.07 bits per heavy atom. The Hall–Kier alpha value is -0.870. The second-order valence-electron chi connectivity index (χ2n) is 6.51. The Labute approximate surface area is 184 Å². The van der Waals surface area contributed by atoms with Crippen molar-refractivity contribution >= 4 is 47.2 Å². The van der Waals surface area contributed by atoms with Gasteiger partial charge in [-0.1, -0.05) is 13.8 Å². The number of ether oxygens (including phenoxy) is 1. The number of hydrogen-bond acceptors (Lipinski definition) is 5. The fourth-order valence-electron chi connectivity index (χ4n) is 3.60. The molecule has 1 aromatic rings. The maximum absolute atomic E-state index is 11.7. The van der Waals surface area contributed by atoms with Gasteiger partial charge in [0, 0.05) is 26.7 Å². The maximum Gasteiger partial charge on any atom is 0.308 e. The molecule has 0 bridgehead atoms. The predicted octanol–water partition coefficient (Wildman–Crippen LogP) is 3.21. The van der Waals surface area contributed by atoms with E-state index < -0.39 is 0 Å². The average Bonchev–Trinajstić information content (AvgIpc) is 3.22. The number of likely N-dealkylation sites (N-methyl/N-ethyl adjacent to an activating group) is 1. The molecule has 2 heterocycles. The van der Waals surface area contributed by atoms with Crippen molar-refractivity contribution in [2.24, 2.45) is 10.9 Å². The van der Waals surface area contributed by atoms with Crippen molar-refractivity contribution in [1.82, 2.24) is 15.1 Å². The Bertz CT molecular complexity index is 570. The monoisotopic (exact) mass is 508 g/mol. The molecule has 154 valence electrons. The SMILES string of the molecule is CCN(CC)C(CNC(=NC)N1CCC(C(=O)OC)CC1)c1ccsc1.I. The van der Waals surface area contributed by atoms with Gasteiger partial charge in [0.2, 0.25) is 0 Å². The molecular weight excluding hydrogens is 475 g/mol. The number of guanidine groups is 1. The number of aliphatic imine (C=N–C) groups is 1. The fraction of sp³-hybridized carbons (Fsp3) is 0.684. The van der Waals surface area contributed by atoms with Gasteiger partial charge in [-0.25, -0.2) is 0 Å². The number of nitrogens with one attached hydrogen (secondary N) is 1. The standard InChI is InChI=1S/C19H32N4O2S.HI/c1-5-22(6-2)17(16-9-12-26-14-16)13-21-19(20-3)23-10-7-15(8-11-23)18(24)25-4;/h9,12,14-15,17H,5-8,10-11,13H2,1-4H3,(H,20,21);1H. The lowest BCUT2D eigenvalue weighted by atomic mass is 9.97. The van der Waals surface area contributed by atoms with Crippen molar-refractivity contribution in [3.8, 4) is 0 Å². The minimum atomic E-state index is -0.0911. The van der Waals surface area contributed by atoms with Gasteiger partial charge in [0.1, 0.15) is 0 Å². The Morgan fingerprint density at radius 3 is 2.56 bits per heavy atom. The van der Waals surface area contributed by atoms with Crippen molar-refractivity contribution in [1.29, 1.82) is 0 Å². The summed E-state index contributed by atoms with van der Waals surface area (Å²) in [5.41, 5.74) is 1.35. The molecule has 1 atom stereocenters. The number of halogens is 1. The van der Waals surface area contributed by atoms with Gasteiger partial charge < -0.3 is 15.0 Å². The van der Waals surface area contributed by atoms with Crippen LogP contribution in [0, 0.1) is 5.92 Å². The zero-order valence-electron chi connectivity index (χ0n) is 16.8. The van der Waals surface area contributed by atoms with Gasteiger partial charge >= 0.3 is 5.97 Å². The van der Waals surface area contributed by atoms with Gasteiger partial charge in [0.15, 0.2) is 5.96 Å². The Balaban J connectivity index is 0.00000364. The summed E-state index contributed by atoms with van der Waals surface area (Å²) in [4.78, 5) is 20.9. The van der Waals surface area contributed by atoms with Crippen molar-refractivity contribution in [3.63, 3.8) is 0 Å². The number of rotatable bonds is 7. The molecule has 0 amide bonds. The van der Waals surface area contributed by atoms with E-state index in [4.69, 9.17) is 4.74 Å². The normalized spacial score (nSPS) is 16.8. The molecule has 1 N–H and O–H groups in total. The van der Waals surface area contributed by atoms with Crippen LogP contribution in [0.5, 0.6) is 0 Å². The predicted molar refractivity (Wildman–Crippen MR) is 123 cm³/mol. The fourth-order valence-corrected chi connectivity index (χ4v) is 4.31. The summed E-state index contributed by atoms with van der Waals surface area (Å²) in [6.45, 7) is 8.91. The number of esters is 1. The average molecular weight is 508 g/mol. The zero-order valence-corrected chi connectivity index (χ0v) is 20.0. The number of methoxy groups -OCH3 is 1. The van der Waals surface area contributed by atoms with Crippen molar-refractivity contribution in [3.05, 3.63) is 22.4 Å². The summed E-state index contributed by atoms with van der Waals surface area (Å²) in [6.07, 6.45) is 1.63. The highest BCUT2D eigenvalue weighted by Gasteiger charge is 2.27. The molecule has 8 heteroatoms. The van der Waals surface area contributed by atoms with Crippen LogP contribution < -0.4 is 5.32 Å². The molecular formula is C19H33IN4O2S. The summed E-state index contributed by atoms with van der Waals surface area (Å²) >= 11 is 1.74. The van der Waals surface area contributed by atoms with Crippen LogP contribution in [0.1, 0.15) is 38.3 Å². The number of nitrogens with zero attached hydrogens (tertiary/aromatic N) is 3. The van der Waals surface area contributed by atoms with E-state index in [0.29, 0.717) is 6.04 Å². The third kappa shape index (κ3) is 6.60. The molecule has 1 aliphatic rings. The summed E-state index contributed by atoms with van der Waals surface area (Å²) in [7, 11) is 3.29. The van der Waals surface area contributed by atoms with Crippen LogP contribution in [0.4, 0.5) is 0 Å². The molecule has 0 spiro atoms. The van der Waals surface area contributed by atoms with Gasteiger partial charge in [0.05, 0.1) is 19.1 Å². The number of piperidine rings is 1. The Kier molecular flexibility index (Phi) is 11.2. The van der Waals surface area contributed by atoms with E-state index >= 15 is 0 Å². The highest BCUT2D eigenvalue weighted by atomic mass is 127. The summed E-state index contributed by atoms with van der Waals surface area (Å²) < 4.78 is 4.88. The van der Waals surface area contributed by atoms with E-state index in [1.807, 2.05) is 7.05 Å². The zero-order chi connectivity index (χ0) is 18.9. The van der Waals surface area contributed by atoms with Crippen LogP contribution in [-0.2, 0) is 9.53 Å². The first-order valence-corrected chi connectivity index (χ1v) is 10.4. The molecule has 1 saturated heterocycles. The summed E-state index contributed by atoms with van der Waals surface area (Å²) in [6, 6.07) is 2.54. The van der Waals surface area contributed by atoms with E-state index in [9.17, 15) is 4.79 Å². The van der Waals surface area contributed by atoms with Gasteiger partial charge in [-0.2, -0.15) is 11.3 Å². The van der Waals surface area contributed by atoms with Crippen LogP contribution in [-0.4, -0.2) is 68.6 Å². The molecule has 0 radical (unpaired) electrons. The summed E-state index contributed by atoms with van der Waals surface area (Å²) in [5.74, 6) is 0.843. The third-order valence-corrected chi connectivity index (χ3v) is 5.88. The van der Waals surface area contributed by atoms with E-state index in [0.717, 1.165) is 51.5 Å². The number of carbonyl (C=O) groups is 1. The van der Waals surface area contributed by atoms with Gasteiger partial charge in [-0.15, -0.1) is 24.0 Å². The van der Waals surface area contributed by atoms with Crippen LogP contribution >= 0.6 is 35.3 Å². The van der Waals surface area contributed by atoms with Crippen LogP contribution in [0.2, 0.25) is 0 Å². The van der Waals surface area contributed by atoms with E-state index in [2.05, 4.69) is 50.8 Å². The number of thiophene rings is 1. The van der Waals surface area contributed by atoms with E-state index in [1.54, 1.807) is 11.3 Å². The van der Waals surface area contributed by atoms with Gasteiger partial charge in [-0.05, 0) is 48.3 Å². The molecule has 1 fully saturated rings. The minimum absolute atomic E-state index is 0. The Morgan fingerprint density at radius 1 is 1.41 bits per heavy atom. The van der Waals surface area contributed by atoms with E-state index in [-0.39, 0.29) is 35.9 Å². The highest BCUT2D eigenvalue weighted by Crippen LogP contribution is 2.23. The molecule has 0 aliphatic carbocycles. The molecule has 1 aromatic heterocycles. The van der Waals surface area contributed by atoms with Crippen LogP contribution in [0.25, 0.3) is 0 Å². The topological polar surface area (TPSA) is 57.2 Å². The first-order chi connectivity index (χ1) is 12.6. The van der Waals surface area contributed by atoms with Crippen molar-refractivity contribution < 1.29 is 9.53 Å². The third-order valence-electron chi connectivity index (χ3n) is 5.18. The van der Waals surface area contributed by atoms with Crippen LogP contribution in [0.3, 0.4) is 0 Å². The highest BCUT2D eigenvalue weighted by molar-refractivity contribution is 14.0. The second-order valence-corrected chi connectivity index (χ2v) is 7.29. The molecule has 1 aliphatic heterocycles. The van der Waals surface area contributed by atoms with Gasteiger partial charge in [-0.3, -0.25) is 14.7 Å². The van der Waals surface area contributed by atoms with E-state index in [1.165, 1.54) is 12.7 Å². The first kappa shape index (κ1) is 24.2. The number of hydrogen-bond donors (Lipinski definition) is 1. The molecule has 0 aromatic carbocycles. The minimum Gasteiger partial charge on any atom is -0.469 e.